The van der Waals surface area contributed by atoms with Crippen LogP contribution in [0.4, 0.5) is 0 Å². The van der Waals surface area contributed by atoms with Gasteiger partial charge in [0.2, 0.25) is 0 Å². The Kier molecular flexibility index (Phi) is 2.68. The van der Waals surface area contributed by atoms with Crippen molar-refractivity contribution in [2.45, 2.75) is 0 Å². The molecule has 4 rings (SSSR count). The molecule has 0 unspecified atom stereocenters. The third-order valence-electron chi connectivity index (χ3n) is 3.23. The van der Waals surface area contributed by atoms with E-state index in [-0.39, 0.29) is 0 Å². The van der Waals surface area contributed by atoms with Gasteiger partial charge in [-0.05, 0) is 18.2 Å². The van der Waals surface area contributed by atoms with Crippen LogP contribution in [0.25, 0.3) is 32.6 Å². The van der Waals surface area contributed by atoms with E-state index < -0.39 is 0 Å². The van der Waals surface area contributed by atoms with Crippen LogP contribution in [0.3, 0.4) is 0 Å². The first-order chi connectivity index (χ1) is 10.3. The Balaban J connectivity index is 2.01. The highest BCUT2D eigenvalue weighted by molar-refractivity contribution is 7.16. The predicted octanol–water partition coefficient (Wildman–Crippen LogP) is 3.39. The summed E-state index contributed by atoms with van der Waals surface area (Å²) in [5.41, 5.74) is 3.95. The lowest BCUT2D eigenvalue weighted by molar-refractivity contribution is 0.302. The van der Waals surface area contributed by atoms with Crippen molar-refractivity contribution < 1.29 is 9.62 Å². The summed E-state index contributed by atoms with van der Waals surface area (Å²) in [5, 5.41) is 13.7. The molecule has 0 amide bonds. The Hall–Kier alpha value is -2.73. The normalized spacial score (nSPS) is 12.3. The van der Waals surface area contributed by atoms with E-state index in [2.05, 4.69) is 15.1 Å². The molecule has 102 valence electrons. The highest BCUT2D eigenvalue weighted by Crippen LogP contribution is 2.24. The number of hydrogen-bond donors (Lipinski definition) is 1. The summed E-state index contributed by atoms with van der Waals surface area (Å²) in [6.45, 7) is 0. The first-order valence-corrected chi connectivity index (χ1v) is 7.14. The average Bonchev–Trinajstić information content (AvgIpc) is 3.01. The molecule has 0 spiro atoms. The number of aromatic nitrogens is 2. The highest BCUT2D eigenvalue weighted by Gasteiger charge is 2.08. The molecule has 1 aromatic carbocycles. The monoisotopic (exact) mass is 295 g/mol. The van der Waals surface area contributed by atoms with Crippen LogP contribution in [0.15, 0.2) is 57.7 Å². The fourth-order valence-electron chi connectivity index (χ4n) is 2.22. The second kappa shape index (κ2) is 4.68. The third kappa shape index (κ3) is 1.96. The Labute approximate surface area is 122 Å². The van der Waals surface area contributed by atoms with Gasteiger partial charge in [0.05, 0.1) is 15.7 Å². The maximum absolute atomic E-state index is 9.20. The van der Waals surface area contributed by atoms with Crippen LogP contribution in [0.5, 0.6) is 0 Å². The minimum absolute atomic E-state index is 0.451. The average molecular weight is 295 g/mol. The number of para-hydroxylation sites is 1. The minimum atomic E-state index is 0.451. The standard InChI is InChI=1S/C15H9N3O2S/c19-18-10-6-14(20-13-4-2-1-3-9(10)13)11-5-12-15(7-16-11)21-8-17-12/h1-8,19H. The zero-order valence-electron chi connectivity index (χ0n) is 10.7. The van der Waals surface area contributed by atoms with E-state index in [4.69, 9.17) is 4.42 Å². The SMILES string of the molecule is ON=c1cc(-c2cc3ncsc3cn2)oc2ccccc12. The molecule has 0 aliphatic rings. The lowest BCUT2D eigenvalue weighted by atomic mass is 10.2. The van der Waals surface area contributed by atoms with Crippen molar-refractivity contribution >= 4 is 32.5 Å². The molecule has 0 fully saturated rings. The zero-order chi connectivity index (χ0) is 14.2. The summed E-state index contributed by atoms with van der Waals surface area (Å²) in [7, 11) is 0. The van der Waals surface area contributed by atoms with Crippen molar-refractivity contribution in [3.63, 3.8) is 0 Å². The van der Waals surface area contributed by atoms with Crippen LogP contribution in [0.2, 0.25) is 0 Å². The number of thiazole rings is 1. The van der Waals surface area contributed by atoms with Gasteiger partial charge in [0.25, 0.3) is 0 Å². The molecule has 0 radical (unpaired) electrons. The van der Waals surface area contributed by atoms with Crippen LogP contribution in [-0.2, 0) is 0 Å². The summed E-state index contributed by atoms with van der Waals surface area (Å²) in [6.07, 6.45) is 1.77. The molecule has 0 atom stereocenters. The topological polar surface area (TPSA) is 71.5 Å². The lowest BCUT2D eigenvalue weighted by Crippen LogP contribution is -2.03. The van der Waals surface area contributed by atoms with Gasteiger partial charge < -0.3 is 9.62 Å². The zero-order valence-corrected chi connectivity index (χ0v) is 11.5. The molecule has 1 N–H and O–H groups in total. The molecule has 0 bridgehead atoms. The first-order valence-electron chi connectivity index (χ1n) is 6.26. The van der Waals surface area contributed by atoms with Gasteiger partial charge in [0.1, 0.15) is 16.6 Å². The van der Waals surface area contributed by atoms with Crippen LogP contribution < -0.4 is 5.36 Å². The quantitative estimate of drug-likeness (QED) is 0.431. The lowest BCUT2D eigenvalue weighted by Gasteiger charge is -2.03. The molecule has 3 heterocycles. The van der Waals surface area contributed by atoms with Crippen molar-refractivity contribution in [1.29, 1.82) is 0 Å². The van der Waals surface area contributed by atoms with Crippen molar-refractivity contribution in [3.05, 3.63) is 53.5 Å². The van der Waals surface area contributed by atoms with Gasteiger partial charge in [-0.25, -0.2) is 4.98 Å². The van der Waals surface area contributed by atoms with Crippen molar-refractivity contribution in [2.24, 2.45) is 5.16 Å². The first kappa shape index (κ1) is 12.0. The molecule has 0 aliphatic heterocycles. The Bertz CT molecular complexity index is 1020. The van der Waals surface area contributed by atoms with E-state index in [1.54, 1.807) is 17.8 Å². The summed E-state index contributed by atoms with van der Waals surface area (Å²) < 4.78 is 6.88. The molecule has 6 heteroatoms. The maximum Gasteiger partial charge on any atom is 0.155 e. The third-order valence-corrected chi connectivity index (χ3v) is 4.01. The van der Waals surface area contributed by atoms with Crippen LogP contribution in [-0.4, -0.2) is 15.2 Å². The van der Waals surface area contributed by atoms with E-state index in [0.29, 0.717) is 22.4 Å². The van der Waals surface area contributed by atoms with Gasteiger partial charge in [-0.2, -0.15) is 0 Å². The number of fused-ring (bicyclic) bond motifs is 2. The summed E-state index contributed by atoms with van der Waals surface area (Å²) >= 11 is 1.54. The largest absolute Gasteiger partial charge is 0.454 e. The summed E-state index contributed by atoms with van der Waals surface area (Å²) in [4.78, 5) is 8.66. The Morgan fingerprint density at radius 2 is 2.05 bits per heavy atom. The number of rotatable bonds is 1. The highest BCUT2D eigenvalue weighted by atomic mass is 32.1. The second-order valence-corrected chi connectivity index (χ2v) is 5.37. The molecular formula is C15H9N3O2S. The summed E-state index contributed by atoms with van der Waals surface area (Å²) in [5.74, 6) is 0.538. The van der Waals surface area contributed by atoms with Gasteiger partial charge in [-0.3, -0.25) is 4.98 Å². The Morgan fingerprint density at radius 3 is 2.95 bits per heavy atom. The van der Waals surface area contributed by atoms with E-state index in [9.17, 15) is 5.21 Å². The van der Waals surface area contributed by atoms with Crippen LogP contribution in [0.1, 0.15) is 0 Å². The van der Waals surface area contributed by atoms with Crippen LogP contribution >= 0.6 is 11.3 Å². The fraction of sp³-hybridized carbons (Fsp3) is 0. The molecule has 21 heavy (non-hydrogen) atoms. The van der Waals surface area contributed by atoms with E-state index in [0.717, 1.165) is 15.6 Å². The van der Waals surface area contributed by atoms with Gasteiger partial charge in [0.15, 0.2) is 5.76 Å². The Morgan fingerprint density at radius 1 is 1.14 bits per heavy atom. The molecular weight excluding hydrogens is 286 g/mol. The second-order valence-electron chi connectivity index (χ2n) is 4.48. The maximum atomic E-state index is 9.20. The van der Waals surface area contributed by atoms with Crippen LogP contribution in [0, 0.1) is 0 Å². The van der Waals surface area contributed by atoms with Gasteiger partial charge in [-0.1, -0.05) is 17.3 Å². The van der Waals surface area contributed by atoms with Gasteiger partial charge in [-0.15, -0.1) is 11.3 Å². The van der Waals surface area contributed by atoms with Crippen molar-refractivity contribution in [3.8, 4) is 11.5 Å². The van der Waals surface area contributed by atoms with Gasteiger partial charge >= 0.3 is 0 Å². The minimum Gasteiger partial charge on any atom is -0.454 e. The smallest absolute Gasteiger partial charge is 0.155 e. The number of hydrogen-bond acceptors (Lipinski definition) is 6. The number of benzene rings is 1. The molecule has 0 saturated carbocycles. The van der Waals surface area contributed by atoms with Crippen molar-refractivity contribution in [1.82, 2.24) is 9.97 Å². The molecule has 4 aromatic rings. The van der Waals surface area contributed by atoms with Gasteiger partial charge in [0, 0.05) is 17.6 Å². The van der Waals surface area contributed by atoms with E-state index in [1.165, 1.54) is 11.3 Å². The predicted molar refractivity (Wildman–Crippen MR) is 80.0 cm³/mol. The number of pyridine rings is 1. The number of nitrogens with zero attached hydrogens (tertiary/aromatic N) is 3. The molecule has 0 aliphatic carbocycles. The molecule has 5 nitrogen and oxygen atoms in total. The summed E-state index contributed by atoms with van der Waals surface area (Å²) in [6, 6.07) is 10.9. The van der Waals surface area contributed by atoms with Crippen molar-refractivity contribution in [2.75, 3.05) is 0 Å². The molecule has 3 aromatic heterocycles. The fourth-order valence-corrected chi connectivity index (χ4v) is 2.85. The van der Waals surface area contributed by atoms with E-state index in [1.807, 2.05) is 30.3 Å². The molecule has 0 saturated heterocycles. The van der Waals surface area contributed by atoms with E-state index >= 15 is 0 Å².